The van der Waals surface area contributed by atoms with Crippen molar-refractivity contribution >= 4 is 21.8 Å². The first-order valence-electron chi connectivity index (χ1n) is 6.30. The number of amides is 1. The Balaban J connectivity index is 2.11. The highest BCUT2D eigenvalue weighted by Gasteiger charge is 2.28. The maximum Gasteiger partial charge on any atom is 0.251 e. The highest BCUT2D eigenvalue weighted by atomic mass is 79.9. The third-order valence-electron chi connectivity index (χ3n) is 3.56. The molecule has 1 aromatic rings. The fourth-order valence-corrected chi connectivity index (χ4v) is 2.80. The maximum atomic E-state index is 12.3. The molecule has 0 unspecified atom stereocenters. The van der Waals surface area contributed by atoms with E-state index in [-0.39, 0.29) is 11.4 Å². The molecule has 1 heterocycles. The van der Waals surface area contributed by atoms with E-state index in [2.05, 4.69) is 33.5 Å². The summed E-state index contributed by atoms with van der Waals surface area (Å²) >= 11 is 3.41. The fourth-order valence-electron chi connectivity index (χ4n) is 2.33. The SMILES string of the molecule is Cc1cc(Br)ccc1C(=O)NC1(C)CCNCC1. The molecule has 2 N–H and O–H groups in total. The number of hydrogen-bond acceptors (Lipinski definition) is 2. The van der Waals surface area contributed by atoms with Gasteiger partial charge in [0.15, 0.2) is 0 Å². The van der Waals surface area contributed by atoms with Gasteiger partial charge in [-0.15, -0.1) is 0 Å². The minimum atomic E-state index is -0.0815. The van der Waals surface area contributed by atoms with Crippen LogP contribution in [-0.2, 0) is 0 Å². The predicted octanol–water partition coefficient (Wildman–Crippen LogP) is 2.63. The van der Waals surface area contributed by atoms with E-state index >= 15 is 0 Å². The van der Waals surface area contributed by atoms with Gasteiger partial charge in [-0.25, -0.2) is 0 Å². The van der Waals surface area contributed by atoms with E-state index in [9.17, 15) is 4.79 Å². The number of carbonyl (C=O) groups excluding carboxylic acids is 1. The minimum Gasteiger partial charge on any atom is -0.347 e. The standard InChI is InChI=1S/C14H19BrN2O/c1-10-9-11(15)3-4-12(10)13(18)17-14(2)5-7-16-8-6-14/h3-4,9,16H,5-8H2,1-2H3,(H,17,18). The second kappa shape index (κ2) is 5.41. The summed E-state index contributed by atoms with van der Waals surface area (Å²) in [5.41, 5.74) is 1.68. The van der Waals surface area contributed by atoms with Gasteiger partial charge in [-0.2, -0.15) is 0 Å². The number of carbonyl (C=O) groups is 1. The van der Waals surface area contributed by atoms with Crippen molar-refractivity contribution in [2.45, 2.75) is 32.2 Å². The maximum absolute atomic E-state index is 12.3. The lowest BCUT2D eigenvalue weighted by atomic mass is 9.90. The summed E-state index contributed by atoms with van der Waals surface area (Å²) < 4.78 is 1.00. The lowest BCUT2D eigenvalue weighted by molar-refractivity contribution is 0.0887. The van der Waals surface area contributed by atoms with E-state index in [0.29, 0.717) is 0 Å². The van der Waals surface area contributed by atoms with E-state index in [1.807, 2.05) is 25.1 Å². The Morgan fingerprint density at radius 2 is 2.06 bits per heavy atom. The van der Waals surface area contributed by atoms with Crippen LogP contribution in [0.4, 0.5) is 0 Å². The lowest BCUT2D eigenvalue weighted by Gasteiger charge is -2.35. The molecule has 4 heteroatoms. The van der Waals surface area contributed by atoms with Crippen LogP contribution in [-0.4, -0.2) is 24.5 Å². The number of nitrogens with one attached hydrogen (secondary N) is 2. The Bertz CT molecular complexity index is 453. The van der Waals surface area contributed by atoms with Gasteiger partial charge in [0.05, 0.1) is 0 Å². The van der Waals surface area contributed by atoms with Crippen LogP contribution in [0, 0.1) is 6.92 Å². The first-order chi connectivity index (χ1) is 8.50. The largest absolute Gasteiger partial charge is 0.347 e. The van der Waals surface area contributed by atoms with Gasteiger partial charge in [-0.1, -0.05) is 15.9 Å². The molecule has 98 valence electrons. The first kappa shape index (κ1) is 13.6. The monoisotopic (exact) mass is 310 g/mol. The van der Waals surface area contributed by atoms with Crippen LogP contribution >= 0.6 is 15.9 Å². The molecule has 1 aliphatic rings. The summed E-state index contributed by atoms with van der Waals surface area (Å²) in [4.78, 5) is 12.3. The van der Waals surface area contributed by atoms with Gasteiger partial charge in [0.1, 0.15) is 0 Å². The molecule has 1 aromatic carbocycles. The van der Waals surface area contributed by atoms with Crippen molar-refractivity contribution in [3.05, 3.63) is 33.8 Å². The Hall–Kier alpha value is -0.870. The average Bonchev–Trinajstić information content (AvgIpc) is 2.28. The van der Waals surface area contributed by atoms with Crippen molar-refractivity contribution in [2.75, 3.05) is 13.1 Å². The van der Waals surface area contributed by atoms with Gasteiger partial charge < -0.3 is 10.6 Å². The molecular weight excluding hydrogens is 292 g/mol. The molecule has 0 saturated carbocycles. The molecule has 1 aliphatic heterocycles. The minimum absolute atomic E-state index is 0.0319. The third kappa shape index (κ3) is 3.12. The number of benzene rings is 1. The van der Waals surface area contributed by atoms with Gasteiger partial charge in [0, 0.05) is 15.6 Å². The molecule has 0 aliphatic carbocycles. The number of rotatable bonds is 2. The predicted molar refractivity (Wildman–Crippen MR) is 76.9 cm³/mol. The number of piperidine rings is 1. The van der Waals surface area contributed by atoms with E-state index in [1.54, 1.807) is 0 Å². The Morgan fingerprint density at radius 1 is 1.39 bits per heavy atom. The number of aryl methyl sites for hydroxylation is 1. The molecule has 0 bridgehead atoms. The number of halogens is 1. The van der Waals surface area contributed by atoms with E-state index < -0.39 is 0 Å². The Kier molecular flexibility index (Phi) is 4.07. The van der Waals surface area contributed by atoms with Gasteiger partial charge in [0.2, 0.25) is 0 Å². The molecule has 18 heavy (non-hydrogen) atoms. The zero-order valence-electron chi connectivity index (χ0n) is 10.8. The second-order valence-electron chi connectivity index (χ2n) is 5.22. The van der Waals surface area contributed by atoms with Crippen molar-refractivity contribution in [3.63, 3.8) is 0 Å². The highest BCUT2D eigenvalue weighted by molar-refractivity contribution is 9.10. The zero-order valence-corrected chi connectivity index (χ0v) is 12.4. The lowest BCUT2D eigenvalue weighted by Crippen LogP contribution is -2.52. The molecule has 1 fully saturated rings. The summed E-state index contributed by atoms with van der Waals surface area (Å²) in [5.74, 6) is 0.0319. The van der Waals surface area contributed by atoms with Gasteiger partial charge in [-0.3, -0.25) is 4.79 Å². The van der Waals surface area contributed by atoms with E-state index in [4.69, 9.17) is 0 Å². The topological polar surface area (TPSA) is 41.1 Å². The van der Waals surface area contributed by atoms with Crippen LogP contribution in [0.1, 0.15) is 35.7 Å². The second-order valence-corrected chi connectivity index (χ2v) is 6.14. The van der Waals surface area contributed by atoms with Crippen molar-refractivity contribution in [3.8, 4) is 0 Å². The quantitative estimate of drug-likeness (QED) is 0.881. The van der Waals surface area contributed by atoms with Crippen molar-refractivity contribution < 1.29 is 4.79 Å². The first-order valence-corrected chi connectivity index (χ1v) is 7.09. The average molecular weight is 311 g/mol. The summed E-state index contributed by atoms with van der Waals surface area (Å²) in [6, 6.07) is 5.76. The molecule has 0 radical (unpaired) electrons. The fraction of sp³-hybridized carbons (Fsp3) is 0.500. The van der Waals surface area contributed by atoms with Gasteiger partial charge in [-0.05, 0) is 63.5 Å². The van der Waals surface area contributed by atoms with Crippen LogP contribution in [0.2, 0.25) is 0 Å². The molecule has 0 spiro atoms. The Morgan fingerprint density at radius 3 is 2.67 bits per heavy atom. The van der Waals surface area contributed by atoms with Crippen LogP contribution < -0.4 is 10.6 Å². The summed E-state index contributed by atoms with van der Waals surface area (Å²) in [5, 5.41) is 6.49. The molecule has 2 rings (SSSR count). The molecular formula is C14H19BrN2O. The van der Waals surface area contributed by atoms with Crippen LogP contribution in [0.15, 0.2) is 22.7 Å². The normalized spacial score (nSPS) is 18.4. The van der Waals surface area contributed by atoms with Crippen molar-refractivity contribution in [1.29, 1.82) is 0 Å². The van der Waals surface area contributed by atoms with Crippen LogP contribution in [0.5, 0.6) is 0 Å². The zero-order chi connectivity index (χ0) is 13.2. The summed E-state index contributed by atoms with van der Waals surface area (Å²) in [6.45, 7) is 6.02. The summed E-state index contributed by atoms with van der Waals surface area (Å²) in [6.07, 6.45) is 1.96. The van der Waals surface area contributed by atoms with Gasteiger partial charge >= 0.3 is 0 Å². The number of hydrogen-bond donors (Lipinski definition) is 2. The molecule has 3 nitrogen and oxygen atoms in total. The molecule has 0 atom stereocenters. The summed E-state index contributed by atoms with van der Waals surface area (Å²) in [7, 11) is 0. The van der Waals surface area contributed by atoms with Crippen molar-refractivity contribution in [2.24, 2.45) is 0 Å². The van der Waals surface area contributed by atoms with Crippen LogP contribution in [0.3, 0.4) is 0 Å². The van der Waals surface area contributed by atoms with Gasteiger partial charge in [0.25, 0.3) is 5.91 Å². The van der Waals surface area contributed by atoms with E-state index in [1.165, 1.54) is 0 Å². The third-order valence-corrected chi connectivity index (χ3v) is 4.05. The molecule has 0 aromatic heterocycles. The highest BCUT2D eigenvalue weighted by Crippen LogP contribution is 2.20. The Labute approximate surface area is 116 Å². The van der Waals surface area contributed by atoms with E-state index in [0.717, 1.165) is 41.5 Å². The smallest absolute Gasteiger partial charge is 0.251 e. The molecule has 1 saturated heterocycles. The molecule has 1 amide bonds. The van der Waals surface area contributed by atoms with Crippen LogP contribution in [0.25, 0.3) is 0 Å². The van der Waals surface area contributed by atoms with Crippen molar-refractivity contribution in [1.82, 2.24) is 10.6 Å².